The highest BCUT2D eigenvalue weighted by atomic mass is 19.1. The normalized spacial score (nSPS) is 15.7. The van der Waals surface area contributed by atoms with E-state index in [-0.39, 0.29) is 5.82 Å². The van der Waals surface area contributed by atoms with Crippen molar-refractivity contribution in [3.63, 3.8) is 0 Å². The standard InChI is InChI=1S/C17H22FN5/c1-21(2)17-19-7-6-16(20-17)23-10-8-22(9-11-23)13-14-4-3-5-15(18)12-14/h3-7,12H,8-11,13H2,1-2H3. The highest BCUT2D eigenvalue weighted by Crippen LogP contribution is 2.17. The monoisotopic (exact) mass is 315 g/mol. The van der Waals surface area contributed by atoms with Crippen LogP contribution in [0.25, 0.3) is 0 Å². The highest BCUT2D eigenvalue weighted by molar-refractivity contribution is 5.43. The molecular formula is C17H22FN5. The van der Waals surface area contributed by atoms with E-state index in [4.69, 9.17) is 0 Å². The van der Waals surface area contributed by atoms with Gasteiger partial charge in [0.15, 0.2) is 0 Å². The van der Waals surface area contributed by atoms with Gasteiger partial charge in [0.25, 0.3) is 0 Å². The molecule has 0 saturated carbocycles. The van der Waals surface area contributed by atoms with Crippen LogP contribution in [0, 0.1) is 5.82 Å². The fourth-order valence-electron chi connectivity index (χ4n) is 2.76. The van der Waals surface area contributed by atoms with E-state index < -0.39 is 0 Å². The van der Waals surface area contributed by atoms with Crippen molar-refractivity contribution in [2.24, 2.45) is 0 Å². The first-order valence-corrected chi connectivity index (χ1v) is 7.84. The predicted octanol–water partition coefficient (Wildman–Crippen LogP) is 2.00. The molecule has 3 rings (SSSR count). The predicted molar refractivity (Wildman–Crippen MR) is 90.2 cm³/mol. The second kappa shape index (κ2) is 6.91. The van der Waals surface area contributed by atoms with Gasteiger partial charge in [-0.2, -0.15) is 4.98 Å². The van der Waals surface area contributed by atoms with Gasteiger partial charge >= 0.3 is 0 Å². The summed E-state index contributed by atoms with van der Waals surface area (Å²) in [5.74, 6) is 1.53. The Bertz CT molecular complexity index is 653. The van der Waals surface area contributed by atoms with E-state index in [1.54, 1.807) is 18.3 Å². The summed E-state index contributed by atoms with van der Waals surface area (Å²) < 4.78 is 13.3. The zero-order valence-electron chi connectivity index (χ0n) is 13.6. The van der Waals surface area contributed by atoms with Crippen molar-refractivity contribution in [1.82, 2.24) is 14.9 Å². The maximum Gasteiger partial charge on any atom is 0.226 e. The van der Waals surface area contributed by atoms with Crippen LogP contribution in [0.2, 0.25) is 0 Å². The topological polar surface area (TPSA) is 35.5 Å². The minimum atomic E-state index is -0.168. The molecule has 2 heterocycles. The van der Waals surface area contributed by atoms with Crippen LogP contribution in [0.4, 0.5) is 16.2 Å². The van der Waals surface area contributed by atoms with Gasteiger partial charge in [-0.15, -0.1) is 0 Å². The third kappa shape index (κ3) is 3.96. The molecule has 23 heavy (non-hydrogen) atoms. The van der Waals surface area contributed by atoms with E-state index in [9.17, 15) is 4.39 Å². The number of hydrogen-bond acceptors (Lipinski definition) is 5. The molecule has 0 aliphatic carbocycles. The molecule has 1 saturated heterocycles. The summed E-state index contributed by atoms with van der Waals surface area (Å²) >= 11 is 0. The molecule has 2 aromatic rings. The van der Waals surface area contributed by atoms with Gasteiger partial charge in [0.1, 0.15) is 11.6 Å². The maximum atomic E-state index is 13.3. The van der Waals surface area contributed by atoms with E-state index in [2.05, 4.69) is 19.8 Å². The Morgan fingerprint density at radius 2 is 1.91 bits per heavy atom. The summed E-state index contributed by atoms with van der Waals surface area (Å²) in [5.41, 5.74) is 1.02. The molecule has 0 spiro atoms. The summed E-state index contributed by atoms with van der Waals surface area (Å²) in [6.45, 7) is 4.51. The minimum absolute atomic E-state index is 0.168. The largest absolute Gasteiger partial charge is 0.354 e. The van der Waals surface area contributed by atoms with Crippen LogP contribution >= 0.6 is 0 Å². The van der Waals surface area contributed by atoms with Crippen LogP contribution in [0.5, 0.6) is 0 Å². The number of hydrogen-bond donors (Lipinski definition) is 0. The van der Waals surface area contributed by atoms with Gasteiger partial charge in [-0.25, -0.2) is 9.37 Å². The molecule has 0 amide bonds. The van der Waals surface area contributed by atoms with Crippen molar-refractivity contribution >= 4 is 11.8 Å². The minimum Gasteiger partial charge on any atom is -0.354 e. The first kappa shape index (κ1) is 15.7. The number of anilines is 2. The molecule has 0 unspecified atom stereocenters. The molecule has 1 aliphatic rings. The first-order chi connectivity index (χ1) is 11.1. The molecule has 5 nitrogen and oxygen atoms in total. The summed E-state index contributed by atoms with van der Waals surface area (Å²) in [7, 11) is 3.88. The van der Waals surface area contributed by atoms with Crippen LogP contribution in [0.3, 0.4) is 0 Å². The summed E-state index contributed by atoms with van der Waals surface area (Å²) in [6, 6.07) is 8.79. The van der Waals surface area contributed by atoms with Crippen LogP contribution in [-0.4, -0.2) is 55.1 Å². The lowest BCUT2D eigenvalue weighted by Gasteiger charge is -2.35. The summed E-state index contributed by atoms with van der Waals surface area (Å²) in [6.07, 6.45) is 1.80. The lowest BCUT2D eigenvalue weighted by atomic mass is 10.2. The Labute approximate surface area is 136 Å². The second-order valence-corrected chi connectivity index (χ2v) is 6.00. The van der Waals surface area contributed by atoms with Crippen LogP contribution in [-0.2, 0) is 6.54 Å². The number of aromatic nitrogens is 2. The quantitative estimate of drug-likeness (QED) is 0.862. The smallest absolute Gasteiger partial charge is 0.226 e. The van der Waals surface area contributed by atoms with Crippen molar-refractivity contribution in [2.75, 3.05) is 50.1 Å². The number of piperazine rings is 1. The van der Waals surface area contributed by atoms with Gasteiger partial charge in [0, 0.05) is 53.0 Å². The average Bonchev–Trinajstić information content (AvgIpc) is 2.56. The average molecular weight is 315 g/mol. The molecule has 0 radical (unpaired) electrons. The fraction of sp³-hybridized carbons (Fsp3) is 0.412. The molecule has 122 valence electrons. The third-order valence-corrected chi connectivity index (χ3v) is 4.02. The van der Waals surface area contributed by atoms with Gasteiger partial charge < -0.3 is 9.80 Å². The zero-order chi connectivity index (χ0) is 16.2. The molecule has 1 aliphatic heterocycles. The Balaban J connectivity index is 1.59. The van der Waals surface area contributed by atoms with Crippen LogP contribution in [0.15, 0.2) is 36.5 Å². The van der Waals surface area contributed by atoms with Crippen molar-refractivity contribution in [2.45, 2.75) is 6.54 Å². The van der Waals surface area contributed by atoms with Crippen molar-refractivity contribution in [3.8, 4) is 0 Å². The Hall–Kier alpha value is -2.21. The van der Waals surface area contributed by atoms with E-state index >= 15 is 0 Å². The second-order valence-electron chi connectivity index (χ2n) is 6.00. The summed E-state index contributed by atoms with van der Waals surface area (Å²) in [5, 5.41) is 0. The number of nitrogens with zero attached hydrogens (tertiary/aromatic N) is 5. The number of rotatable bonds is 4. The maximum absolute atomic E-state index is 13.3. The molecule has 0 bridgehead atoms. The van der Waals surface area contributed by atoms with Crippen molar-refractivity contribution in [1.29, 1.82) is 0 Å². The number of halogens is 1. The molecule has 1 aromatic heterocycles. The van der Waals surface area contributed by atoms with Gasteiger partial charge in [0.05, 0.1) is 0 Å². The van der Waals surface area contributed by atoms with Crippen LogP contribution < -0.4 is 9.80 Å². The van der Waals surface area contributed by atoms with E-state index in [1.807, 2.05) is 31.1 Å². The Morgan fingerprint density at radius 3 is 2.61 bits per heavy atom. The summed E-state index contributed by atoms with van der Waals surface area (Å²) in [4.78, 5) is 15.4. The van der Waals surface area contributed by atoms with Crippen molar-refractivity contribution in [3.05, 3.63) is 47.9 Å². The van der Waals surface area contributed by atoms with Gasteiger partial charge in [-0.3, -0.25) is 4.90 Å². The molecular weight excluding hydrogens is 293 g/mol. The fourth-order valence-corrected chi connectivity index (χ4v) is 2.76. The molecule has 1 fully saturated rings. The Kier molecular flexibility index (Phi) is 4.71. The number of benzene rings is 1. The molecule has 0 N–H and O–H groups in total. The highest BCUT2D eigenvalue weighted by Gasteiger charge is 2.18. The Morgan fingerprint density at radius 1 is 1.13 bits per heavy atom. The SMILES string of the molecule is CN(C)c1nccc(N2CCN(Cc3cccc(F)c3)CC2)n1. The van der Waals surface area contributed by atoms with Crippen LogP contribution in [0.1, 0.15) is 5.56 Å². The third-order valence-electron chi connectivity index (χ3n) is 4.02. The van der Waals surface area contributed by atoms with E-state index in [1.165, 1.54) is 6.07 Å². The lowest BCUT2D eigenvalue weighted by Crippen LogP contribution is -2.46. The molecule has 0 atom stereocenters. The van der Waals surface area contributed by atoms with Gasteiger partial charge in [0.2, 0.25) is 5.95 Å². The van der Waals surface area contributed by atoms with Gasteiger partial charge in [-0.1, -0.05) is 12.1 Å². The van der Waals surface area contributed by atoms with Gasteiger partial charge in [-0.05, 0) is 23.8 Å². The molecule has 1 aromatic carbocycles. The molecule has 6 heteroatoms. The van der Waals surface area contributed by atoms with Crippen molar-refractivity contribution < 1.29 is 4.39 Å². The van der Waals surface area contributed by atoms with E-state index in [0.29, 0.717) is 0 Å². The van der Waals surface area contributed by atoms with E-state index in [0.717, 1.165) is 50.1 Å². The zero-order valence-corrected chi connectivity index (χ0v) is 13.6. The first-order valence-electron chi connectivity index (χ1n) is 7.84. The lowest BCUT2D eigenvalue weighted by molar-refractivity contribution is 0.249.